The van der Waals surface area contributed by atoms with E-state index in [4.69, 9.17) is 0 Å². The topological polar surface area (TPSA) is 44.1 Å². The smallest absolute Gasteiger partial charge is 0.232 e. The van der Waals surface area contributed by atoms with Crippen molar-refractivity contribution in [1.82, 2.24) is 4.90 Å². The second-order valence-corrected chi connectivity index (χ2v) is 8.90. The Morgan fingerprint density at radius 3 is 2.42 bits per heavy atom. The first kappa shape index (κ1) is 22.8. The largest absolute Gasteiger partial charge is 0.312 e. The zero-order chi connectivity index (χ0) is 22.3. The highest BCUT2D eigenvalue weighted by molar-refractivity contribution is 5.84. The summed E-state index contributed by atoms with van der Waals surface area (Å²) in [7, 11) is 0. The van der Waals surface area contributed by atoms with Crippen molar-refractivity contribution in [2.75, 3.05) is 0 Å². The molecule has 0 radical (unpaired) electrons. The number of unbranched alkanes of at least 4 members (excludes halogenated alkanes) is 1. The molecule has 3 rings (SSSR count). The molecule has 3 heteroatoms. The first-order chi connectivity index (χ1) is 15.0. The predicted octanol–water partition coefficient (Wildman–Crippen LogP) is 7.23. The minimum Gasteiger partial charge on any atom is -0.312 e. The van der Waals surface area contributed by atoms with E-state index < -0.39 is 0 Å². The lowest BCUT2D eigenvalue weighted by Crippen LogP contribution is -2.40. The van der Waals surface area contributed by atoms with E-state index >= 15 is 0 Å². The Hall–Kier alpha value is -2.86. The maximum absolute atomic E-state index is 13.7. The molecule has 0 unspecified atom stereocenters. The number of carbonyl (C=O) groups excluding carboxylic acids is 1. The third-order valence-corrected chi connectivity index (χ3v) is 6.59. The monoisotopic (exact) mass is 414 g/mol. The molecule has 3 nitrogen and oxygen atoms in total. The molecule has 31 heavy (non-hydrogen) atoms. The van der Waals surface area contributed by atoms with Crippen LogP contribution in [-0.2, 0) is 11.3 Å². The van der Waals surface area contributed by atoms with Crippen LogP contribution in [-0.4, -0.2) is 10.8 Å². The lowest BCUT2D eigenvalue weighted by Gasteiger charge is -2.33. The van der Waals surface area contributed by atoms with Gasteiger partial charge in [0.25, 0.3) is 0 Å². The van der Waals surface area contributed by atoms with E-state index in [1.165, 1.54) is 0 Å². The van der Waals surface area contributed by atoms with Gasteiger partial charge in [-0.15, -0.1) is 0 Å². The lowest BCUT2D eigenvalue weighted by atomic mass is 9.86. The summed E-state index contributed by atoms with van der Waals surface area (Å²) in [5.74, 6) is 0.271. The van der Waals surface area contributed by atoms with Crippen LogP contribution in [0.15, 0.2) is 60.3 Å². The van der Waals surface area contributed by atoms with Crippen molar-refractivity contribution in [3.8, 4) is 17.2 Å². The average molecular weight is 415 g/mol. The highest BCUT2D eigenvalue weighted by Crippen LogP contribution is 2.40. The summed E-state index contributed by atoms with van der Waals surface area (Å²) in [4.78, 5) is 15.7. The van der Waals surface area contributed by atoms with Gasteiger partial charge in [0.1, 0.15) is 0 Å². The maximum Gasteiger partial charge on any atom is 0.232 e. The molecule has 1 saturated carbocycles. The Kier molecular flexibility index (Phi) is 7.69. The number of amides is 1. The third kappa shape index (κ3) is 5.25. The Morgan fingerprint density at radius 2 is 1.81 bits per heavy atom. The Balaban J connectivity index is 1.87. The molecule has 0 spiro atoms. The van der Waals surface area contributed by atoms with Crippen LogP contribution < -0.4 is 0 Å². The van der Waals surface area contributed by atoms with Gasteiger partial charge in [0.05, 0.1) is 18.2 Å². The predicted molar refractivity (Wildman–Crippen MR) is 127 cm³/mol. The van der Waals surface area contributed by atoms with Gasteiger partial charge in [-0.2, -0.15) is 5.26 Å². The molecule has 1 fully saturated rings. The highest BCUT2D eigenvalue weighted by Gasteiger charge is 2.39. The second kappa shape index (κ2) is 10.4. The van der Waals surface area contributed by atoms with E-state index in [0.29, 0.717) is 12.1 Å². The van der Waals surface area contributed by atoms with Crippen LogP contribution in [0.25, 0.3) is 11.1 Å². The van der Waals surface area contributed by atoms with Gasteiger partial charge in [0, 0.05) is 11.1 Å². The van der Waals surface area contributed by atoms with E-state index in [1.54, 1.807) is 0 Å². The normalized spacial score (nSPS) is 15.5. The van der Waals surface area contributed by atoms with Crippen LogP contribution in [0.1, 0.15) is 76.8 Å². The Labute approximate surface area is 187 Å². The van der Waals surface area contributed by atoms with E-state index in [1.807, 2.05) is 36.1 Å². The lowest BCUT2D eigenvalue weighted by molar-refractivity contribution is -0.139. The van der Waals surface area contributed by atoms with Crippen molar-refractivity contribution >= 4 is 5.91 Å². The molecule has 0 aliphatic heterocycles. The van der Waals surface area contributed by atoms with Crippen molar-refractivity contribution in [2.24, 2.45) is 5.41 Å². The number of carbonyl (C=O) groups is 1. The molecule has 0 aromatic heterocycles. The van der Waals surface area contributed by atoms with Crippen LogP contribution in [0.2, 0.25) is 0 Å². The Bertz CT molecular complexity index is 959. The van der Waals surface area contributed by atoms with Gasteiger partial charge >= 0.3 is 0 Å². The summed E-state index contributed by atoms with van der Waals surface area (Å²) < 4.78 is 0. The fourth-order valence-corrected chi connectivity index (χ4v) is 4.60. The number of nitriles is 1. The molecule has 0 atom stereocenters. The summed E-state index contributed by atoms with van der Waals surface area (Å²) in [6, 6.07) is 18.2. The molecular formula is C28H34N2O. The molecule has 1 aliphatic carbocycles. The SMILES string of the molecule is CC=C(CCCC)N(Cc1ccc(-c2ccccc2C#N)cc1)C(=O)C1(C)CCCC1. The molecule has 162 valence electrons. The summed E-state index contributed by atoms with van der Waals surface area (Å²) in [5.41, 5.74) is 4.66. The number of allylic oxidation sites excluding steroid dienone is 2. The number of hydrogen-bond acceptors (Lipinski definition) is 2. The zero-order valence-electron chi connectivity index (χ0n) is 19.2. The molecule has 0 heterocycles. The number of rotatable bonds is 8. The number of nitrogens with zero attached hydrogens (tertiary/aromatic N) is 2. The van der Waals surface area contributed by atoms with E-state index in [-0.39, 0.29) is 11.3 Å². The quantitative estimate of drug-likeness (QED) is 0.457. The van der Waals surface area contributed by atoms with Gasteiger partial charge in [-0.1, -0.05) is 81.7 Å². The molecule has 0 saturated heterocycles. The van der Waals surface area contributed by atoms with Crippen molar-refractivity contribution in [3.05, 3.63) is 71.4 Å². The summed E-state index contributed by atoms with van der Waals surface area (Å²) >= 11 is 0. The fourth-order valence-electron chi connectivity index (χ4n) is 4.60. The van der Waals surface area contributed by atoms with Gasteiger partial charge in [0.2, 0.25) is 5.91 Å². The minimum absolute atomic E-state index is 0.244. The fraction of sp³-hybridized carbons (Fsp3) is 0.429. The highest BCUT2D eigenvalue weighted by atomic mass is 16.2. The molecular weight excluding hydrogens is 380 g/mol. The van der Waals surface area contributed by atoms with Crippen LogP contribution >= 0.6 is 0 Å². The van der Waals surface area contributed by atoms with Crippen molar-refractivity contribution in [2.45, 2.75) is 72.3 Å². The standard InChI is InChI=1S/C28H34N2O/c1-4-6-12-25(5-2)30(27(31)28(3)18-9-10-19-28)21-22-14-16-23(17-15-22)26-13-8-7-11-24(26)20-29/h5,7-8,11,13-17H,4,6,9-10,12,18-19,21H2,1-3H3. The third-order valence-electron chi connectivity index (χ3n) is 6.59. The van der Waals surface area contributed by atoms with Gasteiger partial charge < -0.3 is 4.90 Å². The summed E-state index contributed by atoms with van der Waals surface area (Å²) in [6.07, 6.45) is 9.50. The van der Waals surface area contributed by atoms with Crippen LogP contribution in [0, 0.1) is 16.7 Å². The second-order valence-electron chi connectivity index (χ2n) is 8.90. The Morgan fingerprint density at radius 1 is 1.13 bits per heavy atom. The van der Waals surface area contributed by atoms with Crippen molar-refractivity contribution < 1.29 is 4.79 Å². The van der Waals surface area contributed by atoms with Crippen LogP contribution in [0.3, 0.4) is 0 Å². The average Bonchev–Trinajstić information content (AvgIpc) is 3.26. The zero-order valence-corrected chi connectivity index (χ0v) is 19.2. The summed E-state index contributed by atoms with van der Waals surface area (Å²) in [6.45, 7) is 6.97. The van der Waals surface area contributed by atoms with Gasteiger partial charge in [-0.05, 0) is 55.4 Å². The minimum atomic E-state index is -0.244. The van der Waals surface area contributed by atoms with E-state index in [9.17, 15) is 10.1 Å². The number of benzene rings is 2. The van der Waals surface area contributed by atoms with E-state index in [2.05, 4.69) is 50.3 Å². The molecule has 0 N–H and O–H groups in total. The van der Waals surface area contributed by atoms with Crippen LogP contribution in [0.4, 0.5) is 0 Å². The van der Waals surface area contributed by atoms with Crippen molar-refractivity contribution in [1.29, 1.82) is 5.26 Å². The number of hydrogen-bond donors (Lipinski definition) is 0. The van der Waals surface area contributed by atoms with Gasteiger partial charge in [-0.25, -0.2) is 0 Å². The van der Waals surface area contributed by atoms with Crippen molar-refractivity contribution in [3.63, 3.8) is 0 Å². The molecule has 2 aromatic rings. The molecule has 1 amide bonds. The van der Waals surface area contributed by atoms with E-state index in [0.717, 1.165) is 67.3 Å². The van der Waals surface area contributed by atoms with Crippen LogP contribution in [0.5, 0.6) is 0 Å². The molecule has 1 aliphatic rings. The summed E-state index contributed by atoms with van der Waals surface area (Å²) in [5, 5.41) is 9.40. The molecule has 0 bridgehead atoms. The molecule has 2 aromatic carbocycles. The first-order valence-corrected chi connectivity index (χ1v) is 11.6. The first-order valence-electron chi connectivity index (χ1n) is 11.6. The van der Waals surface area contributed by atoms with Gasteiger partial charge in [-0.3, -0.25) is 4.79 Å². The van der Waals surface area contributed by atoms with Gasteiger partial charge in [0.15, 0.2) is 0 Å². The maximum atomic E-state index is 13.7.